The van der Waals surface area contributed by atoms with E-state index in [1.807, 2.05) is 9.47 Å². The molecular weight excluding hydrogens is 320 g/mol. The molecule has 128 valence electrons. The number of hydrogen-bond donors (Lipinski definition) is 1. The second-order valence-corrected chi connectivity index (χ2v) is 6.63. The Morgan fingerprint density at radius 2 is 2.17 bits per heavy atom. The van der Waals surface area contributed by atoms with Crippen LogP contribution < -0.4 is 0 Å². The minimum Gasteiger partial charge on any atom is -0.334 e. The SMILES string of the molecule is CCCc1n[nH]c(=S)n1CC(=O)N1CCc2ccccc2C1CC. The number of nitrogens with one attached hydrogen (secondary N) is 1. The highest BCUT2D eigenvalue weighted by atomic mass is 32.1. The lowest BCUT2D eigenvalue weighted by molar-refractivity contribution is -0.135. The van der Waals surface area contributed by atoms with Gasteiger partial charge in [-0.05, 0) is 42.6 Å². The minimum absolute atomic E-state index is 0.117. The summed E-state index contributed by atoms with van der Waals surface area (Å²) in [5.41, 5.74) is 2.64. The number of carbonyl (C=O) groups excluding carboxylic acids is 1. The fourth-order valence-electron chi connectivity index (χ4n) is 3.54. The second kappa shape index (κ2) is 7.30. The van der Waals surface area contributed by atoms with E-state index in [1.165, 1.54) is 11.1 Å². The van der Waals surface area contributed by atoms with Crippen molar-refractivity contribution < 1.29 is 4.79 Å². The van der Waals surface area contributed by atoms with Gasteiger partial charge in [-0.15, -0.1) is 0 Å². The fourth-order valence-corrected chi connectivity index (χ4v) is 3.76. The number of aromatic amines is 1. The van der Waals surface area contributed by atoms with Crippen LogP contribution in [-0.4, -0.2) is 32.1 Å². The van der Waals surface area contributed by atoms with E-state index < -0.39 is 0 Å². The molecule has 3 rings (SSSR count). The first-order valence-corrected chi connectivity index (χ1v) is 9.07. The molecule has 1 atom stereocenters. The fraction of sp³-hybridized carbons (Fsp3) is 0.500. The maximum absolute atomic E-state index is 13.0. The van der Waals surface area contributed by atoms with Gasteiger partial charge in [-0.1, -0.05) is 38.1 Å². The molecule has 0 saturated heterocycles. The number of fused-ring (bicyclic) bond motifs is 1. The third-order valence-corrected chi connectivity index (χ3v) is 5.04. The van der Waals surface area contributed by atoms with Crippen molar-refractivity contribution in [1.82, 2.24) is 19.7 Å². The van der Waals surface area contributed by atoms with E-state index in [0.29, 0.717) is 4.77 Å². The standard InChI is InChI=1S/C18H24N4OS/c1-3-7-16-19-20-18(24)22(16)12-17(23)21-11-10-13-8-5-6-9-14(13)15(21)4-2/h5-6,8-9,15H,3-4,7,10-12H2,1-2H3,(H,20,24). The predicted octanol–water partition coefficient (Wildman–Crippen LogP) is 3.43. The van der Waals surface area contributed by atoms with Crippen molar-refractivity contribution in [2.75, 3.05) is 6.54 Å². The molecule has 2 aromatic rings. The van der Waals surface area contributed by atoms with Crippen LogP contribution in [0.3, 0.4) is 0 Å². The molecule has 1 aliphatic rings. The van der Waals surface area contributed by atoms with E-state index in [2.05, 4.69) is 48.3 Å². The average molecular weight is 344 g/mol. The van der Waals surface area contributed by atoms with Crippen molar-refractivity contribution in [2.45, 2.75) is 52.1 Å². The summed E-state index contributed by atoms with van der Waals surface area (Å²) >= 11 is 5.30. The first kappa shape index (κ1) is 16.9. The van der Waals surface area contributed by atoms with Crippen LogP contribution in [0.15, 0.2) is 24.3 Å². The highest BCUT2D eigenvalue weighted by Crippen LogP contribution is 2.32. The quantitative estimate of drug-likeness (QED) is 0.846. The van der Waals surface area contributed by atoms with E-state index in [0.717, 1.165) is 38.1 Å². The molecule has 1 aromatic heterocycles. The molecular formula is C18H24N4OS. The molecule has 1 amide bonds. The molecule has 2 heterocycles. The van der Waals surface area contributed by atoms with Gasteiger partial charge in [0.1, 0.15) is 12.4 Å². The summed E-state index contributed by atoms with van der Waals surface area (Å²) in [4.78, 5) is 15.0. The number of carbonyl (C=O) groups is 1. The number of rotatable bonds is 5. The normalized spacial score (nSPS) is 16.9. The summed E-state index contributed by atoms with van der Waals surface area (Å²) in [5, 5.41) is 7.07. The number of nitrogens with zero attached hydrogens (tertiary/aromatic N) is 3. The third kappa shape index (κ3) is 3.15. The Bertz CT molecular complexity index is 779. The van der Waals surface area contributed by atoms with Crippen LogP contribution in [0.5, 0.6) is 0 Å². The molecule has 0 bridgehead atoms. The van der Waals surface area contributed by atoms with Gasteiger partial charge in [0.25, 0.3) is 0 Å². The lowest BCUT2D eigenvalue weighted by atomic mass is 9.91. The van der Waals surface area contributed by atoms with Crippen LogP contribution in [-0.2, 0) is 24.2 Å². The van der Waals surface area contributed by atoms with Gasteiger partial charge in [-0.25, -0.2) is 0 Å². The Morgan fingerprint density at radius 3 is 2.92 bits per heavy atom. The van der Waals surface area contributed by atoms with Gasteiger partial charge in [0.15, 0.2) is 4.77 Å². The van der Waals surface area contributed by atoms with Crippen LogP contribution in [0.2, 0.25) is 0 Å². The van der Waals surface area contributed by atoms with Gasteiger partial charge < -0.3 is 4.90 Å². The molecule has 1 aliphatic heterocycles. The zero-order chi connectivity index (χ0) is 17.1. The maximum atomic E-state index is 13.0. The van der Waals surface area contributed by atoms with Crippen LogP contribution in [0.4, 0.5) is 0 Å². The summed E-state index contributed by atoms with van der Waals surface area (Å²) < 4.78 is 2.37. The summed E-state index contributed by atoms with van der Waals surface area (Å²) in [6.07, 6.45) is 3.63. The number of aromatic nitrogens is 3. The molecule has 1 unspecified atom stereocenters. The van der Waals surface area contributed by atoms with E-state index in [9.17, 15) is 4.79 Å². The molecule has 5 nitrogen and oxygen atoms in total. The molecule has 1 aromatic carbocycles. The van der Waals surface area contributed by atoms with Gasteiger partial charge in [-0.3, -0.25) is 14.5 Å². The Kier molecular flexibility index (Phi) is 5.14. The highest BCUT2D eigenvalue weighted by molar-refractivity contribution is 7.71. The van der Waals surface area contributed by atoms with Gasteiger partial charge in [0.05, 0.1) is 6.04 Å². The predicted molar refractivity (Wildman–Crippen MR) is 96.3 cm³/mol. The van der Waals surface area contributed by atoms with Gasteiger partial charge in [0, 0.05) is 13.0 Å². The summed E-state index contributed by atoms with van der Waals surface area (Å²) in [6.45, 7) is 5.27. The van der Waals surface area contributed by atoms with Gasteiger partial charge in [0.2, 0.25) is 5.91 Å². The monoisotopic (exact) mass is 344 g/mol. The average Bonchev–Trinajstić information content (AvgIpc) is 2.94. The molecule has 24 heavy (non-hydrogen) atoms. The largest absolute Gasteiger partial charge is 0.334 e. The van der Waals surface area contributed by atoms with Crippen LogP contribution in [0.25, 0.3) is 0 Å². The smallest absolute Gasteiger partial charge is 0.243 e. The van der Waals surface area contributed by atoms with Crippen LogP contribution in [0, 0.1) is 4.77 Å². The number of H-pyrrole nitrogens is 1. The molecule has 0 fully saturated rings. The molecule has 1 N–H and O–H groups in total. The summed E-state index contributed by atoms with van der Waals surface area (Å²) in [5.74, 6) is 0.979. The molecule has 0 aliphatic carbocycles. The Labute approximate surface area is 147 Å². The second-order valence-electron chi connectivity index (χ2n) is 6.24. The number of benzene rings is 1. The summed E-state index contributed by atoms with van der Waals surface area (Å²) in [7, 11) is 0. The molecule has 0 radical (unpaired) electrons. The zero-order valence-corrected chi connectivity index (χ0v) is 15.1. The van der Waals surface area contributed by atoms with Crippen molar-refractivity contribution in [1.29, 1.82) is 0 Å². The Morgan fingerprint density at radius 1 is 1.38 bits per heavy atom. The van der Waals surface area contributed by atoms with Crippen molar-refractivity contribution in [3.8, 4) is 0 Å². The Balaban J connectivity index is 1.83. The van der Waals surface area contributed by atoms with Crippen molar-refractivity contribution >= 4 is 18.1 Å². The molecule has 0 saturated carbocycles. The van der Waals surface area contributed by atoms with E-state index in [1.54, 1.807) is 0 Å². The molecule has 0 spiro atoms. The first-order chi connectivity index (χ1) is 11.7. The molecule has 6 heteroatoms. The van der Waals surface area contributed by atoms with Crippen LogP contribution in [0.1, 0.15) is 49.7 Å². The van der Waals surface area contributed by atoms with Crippen molar-refractivity contribution in [3.63, 3.8) is 0 Å². The lowest BCUT2D eigenvalue weighted by Crippen LogP contribution is -2.41. The van der Waals surface area contributed by atoms with E-state index >= 15 is 0 Å². The van der Waals surface area contributed by atoms with Gasteiger partial charge >= 0.3 is 0 Å². The van der Waals surface area contributed by atoms with Crippen molar-refractivity contribution in [3.05, 3.63) is 46.0 Å². The zero-order valence-electron chi connectivity index (χ0n) is 14.3. The van der Waals surface area contributed by atoms with Crippen LogP contribution >= 0.6 is 12.2 Å². The summed E-state index contributed by atoms with van der Waals surface area (Å²) in [6, 6.07) is 8.60. The van der Waals surface area contributed by atoms with Crippen molar-refractivity contribution in [2.24, 2.45) is 0 Å². The maximum Gasteiger partial charge on any atom is 0.243 e. The third-order valence-electron chi connectivity index (χ3n) is 4.72. The Hall–Kier alpha value is -1.95. The number of amides is 1. The van der Waals surface area contributed by atoms with E-state index in [-0.39, 0.29) is 18.5 Å². The number of hydrogen-bond acceptors (Lipinski definition) is 3. The van der Waals surface area contributed by atoms with E-state index in [4.69, 9.17) is 12.2 Å². The lowest BCUT2D eigenvalue weighted by Gasteiger charge is -2.37. The topological polar surface area (TPSA) is 53.9 Å². The highest BCUT2D eigenvalue weighted by Gasteiger charge is 2.29. The first-order valence-electron chi connectivity index (χ1n) is 8.67. The number of aryl methyl sites for hydroxylation is 1. The van der Waals surface area contributed by atoms with Gasteiger partial charge in [-0.2, -0.15) is 5.10 Å². The minimum atomic E-state index is 0.117.